The zero-order valence-electron chi connectivity index (χ0n) is 17.1. The molecular weight excluding hydrogens is 428 g/mol. The number of carbonyl (C=O) groups is 2. The Labute approximate surface area is 182 Å². The number of nitrogens with zero attached hydrogens (tertiary/aromatic N) is 1. The van der Waals surface area contributed by atoms with Crippen molar-refractivity contribution in [2.75, 3.05) is 11.9 Å². The third-order valence-corrected chi connectivity index (χ3v) is 6.01. The van der Waals surface area contributed by atoms with Gasteiger partial charge < -0.3 is 10.1 Å². The molecule has 1 N–H and O–H groups in total. The van der Waals surface area contributed by atoms with E-state index in [-0.39, 0.29) is 17.9 Å². The van der Waals surface area contributed by atoms with Gasteiger partial charge in [0.2, 0.25) is 5.91 Å². The van der Waals surface area contributed by atoms with Crippen LogP contribution in [0.4, 0.5) is 23.2 Å². The summed E-state index contributed by atoms with van der Waals surface area (Å²) in [5.41, 5.74) is -1.87. The first kappa shape index (κ1) is 22.3. The lowest BCUT2D eigenvalue weighted by Crippen LogP contribution is -2.55. The van der Waals surface area contributed by atoms with Crippen LogP contribution < -0.4 is 5.32 Å². The average Bonchev–Trinajstić information content (AvgIpc) is 3.13. The maximum absolute atomic E-state index is 14.0. The number of hydrogen-bond acceptors (Lipinski definition) is 3. The van der Waals surface area contributed by atoms with E-state index in [1.54, 1.807) is 6.07 Å². The van der Waals surface area contributed by atoms with E-state index in [2.05, 4.69) is 5.32 Å². The molecular formula is C23H22F4N2O3. The number of carbonyl (C=O) groups excluding carboxylic acids is 2. The maximum Gasteiger partial charge on any atom is 0.416 e. The Morgan fingerprint density at radius 3 is 2.28 bits per heavy atom. The molecule has 2 aromatic carbocycles. The molecule has 1 saturated heterocycles. The molecule has 4 rings (SSSR count). The predicted molar refractivity (Wildman–Crippen MR) is 108 cm³/mol. The van der Waals surface area contributed by atoms with Crippen LogP contribution in [0.2, 0.25) is 0 Å². The number of anilines is 1. The first-order chi connectivity index (χ1) is 15.2. The molecule has 1 saturated carbocycles. The fourth-order valence-electron chi connectivity index (χ4n) is 4.39. The third-order valence-electron chi connectivity index (χ3n) is 6.01. The van der Waals surface area contributed by atoms with Crippen molar-refractivity contribution in [2.24, 2.45) is 0 Å². The van der Waals surface area contributed by atoms with Crippen molar-refractivity contribution in [3.05, 3.63) is 65.5 Å². The maximum atomic E-state index is 14.0. The summed E-state index contributed by atoms with van der Waals surface area (Å²) in [5.74, 6) is -1.82. The molecule has 5 nitrogen and oxygen atoms in total. The van der Waals surface area contributed by atoms with E-state index >= 15 is 0 Å². The van der Waals surface area contributed by atoms with Gasteiger partial charge in [0, 0.05) is 5.56 Å². The summed E-state index contributed by atoms with van der Waals surface area (Å²) in [7, 11) is 0. The summed E-state index contributed by atoms with van der Waals surface area (Å²) >= 11 is 0. The van der Waals surface area contributed by atoms with Crippen LogP contribution in [-0.4, -0.2) is 35.1 Å². The van der Waals surface area contributed by atoms with Crippen LogP contribution in [0.1, 0.15) is 48.0 Å². The number of hydrogen-bond donors (Lipinski definition) is 1. The minimum absolute atomic E-state index is 0.0241. The lowest BCUT2D eigenvalue weighted by Gasteiger charge is -2.41. The molecule has 0 radical (unpaired) electrons. The van der Waals surface area contributed by atoms with Crippen molar-refractivity contribution in [1.29, 1.82) is 0 Å². The van der Waals surface area contributed by atoms with Gasteiger partial charge >= 0.3 is 6.18 Å². The standard InChI is InChI=1S/C23H22F4N2O3/c24-17-6-2-3-7-18(17)28-20(30)19-14-32-22(12-4-1-5-13-22)29(19)21(31)15-8-10-16(11-9-15)23(25,26)27/h2-3,6-11,19H,1,4-5,12-14H2,(H,28,30)/t19-/m0/s1. The second kappa shape index (κ2) is 8.54. The highest BCUT2D eigenvalue weighted by molar-refractivity contribution is 6.02. The highest BCUT2D eigenvalue weighted by Gasteiger charge is 2.53. The van der Waals surface area contributed by atoms with Gasteiger partial charge in [-0.1, -0.05) is 18.6 Å². The van der Waals surface area contributed by atoms with Crippen LogP contribution in [0.25, 0.3) is 0 Å². The molecule has 1 aliphatic carbocycles. The Morgan fingerprint density at radius 1 is 1.00 bits per heavy atom. The van der Waals surface area contributed by atoms with Gasteiger partial charge in [-0.25, -0.2) is 4.39 Å². The van der Waals surface area contributed by atoms with E-state index in [0.717, 1.165) is 43.5 Å². The number of ether oxygens (including phenoxy) is 1. The smallest absolute Gasteiger partial charge is 0.353 e. The number of halogens is 4. The number of rotatable bonds is 3. The minimum Gasteiger partial charge on any atom is -0.353 e. The van der Waals surface area contributed by atoms with Gasteiger partial charge in [-0.2, -0.15) is 13.2 Å². The molecule has 2 aromatic rings. The molecule has 0 aromatic heterocycles. The van der Waals surface area contributed by atoms with E-state index in [1.807, 2.05) is 0 Å². The molecule has 2 fully saturated rings. The van der Waals surface area contributed by atoms with E-state index < -0.39 is 41.1 Å². The molecule has 0 unspecified atom stereocenters. The fraction of sp³-hybridized carbons (Fsp3) is 0.391. The Hall–Kier alpha value is -2.94. The normalized spacial score (nSPS) is 20.4. The first-order valence-corrected chi connectivity index (χ1v) is 10.4. The highest BCUT2D eigenvalue weighted by atomic mass is 19.4. The number of nitrogens with one attached hydrogen (secondary N) is 1. The Kier molecular flexibility index (Phi) is 5.94. The molecule has 1 spiro atoms. The monoisotopic (exact) mass is 450 g/mol. The quantitative estimate of drug-likeness (QED) is 0.671. The molecule has 9 heteroatoms. The van der Waals surface area contributed by atoms with E-state index in [1.165, 1.54) is 23.1 Å². The summed E-state index contributed by atoms with van der Waals surface area (Å²) < 4.78 is 58.8. The molecule has 2 amide bonds. The summed E-state index contributed by atoms with van der Waals surface area (Å²) in [6, 6.07) is 8.51. The first-order valence-electron chi connectivity index (χ1n) is 10.4. The van der Waals surface area contributed by atoms with Gasteiger partial charge in [0.05, 0.1) is 17.9 Å². The summed E-state index contributed by atoms with van der Waals surface area (Å²) in [4.78, 5) is 27.8. The highest BCUT2D eigenvalue weighted by Crippen LogP contribution is 2.42. The van der Waals surface area contributed by atoms with E-state index in [9.17, 15) is 27.2 Å². The van der Waals surface area contributed by atoms with Crippen molar-refractivity contribution >= 4 is 17.5 Å². The van der Waals surface area contributed by atoms with Crippen molar-refractivity contribution in [3.63, 3.8) is 0 Å². The Balaban J connectivity index is 1.64. The third kappa shape index (κ3) is 4.21. The zero-order valence-corrected chi connectivity index (χ0v) is 17.1. The Morgan fingerprint density at radius 2 is 1.66 bits per heavy atom. The lowest BCUT2D eigenvalue weighted by atomic mass is 9.89. The number of benzene rings is 2. The molecule has 32 heavy (non-hydrogen) atoms. The molecule has 1 atom stereocenters. The minimum atomic E-state index is -4.52. The largest absolute Gasteiger partial charge is 0.416 e. The van der Waals surface area contributed by atoms with Gasteiger partial charge in [-0.05, 0) is 62.1 Å². The Bertz CT molecular complexity index is 1000. The summed E-state index contributed by atoms with van der Waals surface area (Å²) in [6.45, 7) is -0.0767. The van der Waals surface area contributed by atoms with Crippen LogP contribution in [0, 0.1) is 5.82 Å². The van der Waals surface area contributed by atoms with Gasteiger partial charge in [-0.15, -0.1) is 0 Å². The van der Waals surface area contributed by atoms with E-state index in [0.29, 0.717) is 12.8 Å². The molecule has 1 aliphatic heterocycles. The van der Waals surface area contributed by atoms with Crippen LogP contribution in [0.5, 0.6) is 0 Å². The molecule has 0 bridgehead atoms. The molecule has 170 valence electrons. The topological polar surface area (TPSA) is 58.6 Å². The zero-order chi connectivity index (χ0) is 22.9. The van der Waals surface area contributed by atoms with Crippen molar-refractivity contribution < 1.29 is 31.9 Å². The predicted octanol–water partition coefficient (Wildman–Crippen LogP) is 4.98. The number of amides is 2. The SMILES string of the molecule is O=C(Nc1ccccc1F)[C@@H]1COC2(CCCCC2)N1C(=O)c1ccc(C(F)(F)F)cc1. The van der Waals surface area contributed by atoms with Crippen LogP contribution >= 0.6 is 0 Å². The van der Waals surface area contributed by atoms with Gasteiger partial charge in [0.1, 0.15) is 17.6 Å². The number of alkyl halides is 3. The van der Waals surface area contributed by atoms with Gasteiger partial charge in [0.15, 0.2) is 0 Å². The lowest BCUT2D eigenvalue weighted by molar-refractivity contribution is -0.137. The molecule has 1 heterocycles. The number of para-hydroxylation sites is 1. The average molecular weight is 450 g/mol. The van der Waals surface area contributed by atoms with Gasteiger partial charge in [-0.3, -0.25) is 14.5 Å². The van der Waals surface area contributed by atoms with Crippen LogP contribution in [-0.2, 0) is 15.7 Å². The fourth-order valence-corrected chi connectivity index (χ4v) is 4.39. The second-order valence-electron chi connectivity index (χ2n) is 8.05. The summed E-state index contributed by atoms with van der Waals surface area (Å²) in [6.07, 6.45) is -0.951. The van der Waals surface area contributed by atoms with Crippen molar-refractivity contribution in [1.82, 2.24) is 4.90 Å². The second-order valence-corrected chi connectivity index (χ2v) is 8.05. The summed E-state index contributed by atoms with van der Waals surface area (Å²) in [5, 5.41) is 2.50. The van der Waals surface area contributed by atoms with Crippen LogP contribution in [0.3, 0.4) is 0 Å². The van der Waals surface area contributed by atoms with Gasteiger partial charge in [0.25, 0.3) is 5.91 Å². The van der Waals surface area contributed by atoms with Crippen LogP contribution in [0.15, 0.2) is 48.5 Å². The van der Waals surface area contributed by atoms with Crippen molar-refractivity contribution in [3.8, 4) is 0 Å². The molecule has 2 aliphatic rings. The van der Waals surface area contributed by atoms with Crippen molar-refractivity contribution in [2.45, 2.75) is 50.0 Å². The van der Waals surface area contributed by atoms with E-state index in [4.69, 9.17) is 4.74 Å².